The molecular formula is C24H22N2O2. The number of carbonyl (C=O) groups excluding carboxylic acids is 1. The first kappa shape index (κ1) is 17.9. The van der Waals surface area contributed by atoms with Gasteiger partial charge in [-0.25, -0.2) is 0 Å². The lowest BCUT2D eigenvalue weighted by molar-refractivity contribution is 0.102. The molecule has 4 rings (SSSR count). The van der Waals surface area contributed by atoms with Crippen LogP contribution in [0.4, 0.5) is 5.69 Å². The quantitative estimate of drug-likeness (QED) is 0.522. The Morgan fingerprint density at radius 1 is 1.00 bits per heavy atom. The summed E-state index contributed by atoms with van der Waals surface area (Å²) in [5, 5.41) is 4.07. The number of rotatable bonds is 4. The Morgan fingerprint density at radius 3 is 2.64 bits per heavy atom. The monoisotopic (exact) mass is 370 g/mol. The molecule has 0 unspecified atom stereocenters. The van der Waals surface area contributed by atoms with Gasteiger partial charge in [0.05, 0.1) is 7.11 Å². The number of nitrogens with zero attached hydrogens (tertiary/aromatic N) is 1. The lowest BCUT2D eigenvalue weighted by Crippen LogP contribution is -2.12. The molecule has 0 bridgehead atoms. The molecule has 0 saturated heterocycles. The summed E-state index contributed by atoms with van der Waals surface area (Å²) in [7, 11) is 3.63. The number of hydrogen-bond acceptors (Lipinski definition) is 2. The standard InChI is InChI=1S/C24H22N2O2/c1-16-5-4-6-17(13-16)21-9-7-19(15-23(21)28-3)24(27)25-20-8-10-22-18(14-20)11-12-26(22)2/h4-15H,1-3H3,(H,25,27). The lowest BCUT2D eigenvalue weighted by Gasteiger charge is -2.12. The van der Waals surface area contributed by atoms with Crippen molar-refractivity contribution in [1.82, 2.24) is 4.57 Å². The SMILES string of the molecule is COc1cc(C(=O)Nc2ccc3c(ccn3C)c2)ccc1-c1cccc(C)c1. The van der Waals surface area contributed by atoms with Crippen LogP contribution in [0.2, 0.25) is 0 Å². The summed E-state index contributed by atoms with van der Waals surface area (Å²) < 4.78 is 7.61. The molecule has 1 amide bonds. The minimum absolute atomic E-state index is 0.163. The number of methoxy groups -OCH3 is 1. The largest absolute Gasteiger partial charge is 0.496 e. The van der Waals surface area contributed by atoms with Crippen LogP contribution in [0.25, 0.3) is 22.0 Å². The van der Waals surface area contributed by atoms with Crippen molar-refractivity contribution in [1.29, 1.82) is 0 Å². The van der Waals surface area contributed by atoms with Gasteiger partial charge in [0.1, 0.15) is 5.75 Å². The van der Waals surface area contributed by atoms with E-state index in [0.29, 0.717) is 11.3 Å². The average molecular weight is 370 g/mol. The number of carbonyl (C=O) groups is 1. The minimum Gasteiger partial charge on any atom is -0.496 e. The van der Waals surface area contributed by atoms with Gasteiger partial charge in [0.2, 0.25) is 0 Å². The second kappa shape index (κ2) is 7.24. The van der Waals surface area contributed by atoms with Gasteiger partial charge in [-0.2, -0.15) is 0 Å². The molecule has 0 aliphatic heterocycles. The number of hydrogen-bond donors (Lipinski definition) is 1. The van der Waals surface area contributed by atoms with E-state index in [1.54, 1.807) is 13.2 Å². The zero-order valence-electron chi connectivity index (χ0n) is 16.2. The number of aryl methyl sites for hydroxylation is 2. The summed E-state index contributed by atoms with van der Waals surface area (Å²) in [4.78, 5) is 12.8. The maximum atomic E-state index is 12.8. The number of fused-ring (bicyclic) bond motifs is 1. The van der Waals surface area contributed by atoms with Crippen molar-refractivity contribution in [3.63, 3.8) is 0 Å². The van der Waals surface area contributed by atoms with Crippen molar-refractivity contribution in [3.8, 4) is 16.9 Å². The van der Waals surface area contributed by atoms with Gasteiger partial charge in [-0.15, -0.1) is 0 Å². The Bertz CT molecular complexity index is 1170. The molecule has 0 saturated carbocycles. The number of benzene rings is 3. The predicted octanol–water partition coefficient (Wildman–Crippen LogP) is 5.41. The van der Waals surface area contributed by atoms with E-state index >= 15 is 0 Å². The van der Waals surface area contributed by atoms with Crippen molar-refractivity contribution in [2.75, 3.05) is 12.4 Å². The van der Waals surface area contributed by atoms with Crippen LogP contribution in [0.1, 0.15) is 15.9 Å². The van der Waals surface area contributed by atoms with E-state index in [-0.39, 0.29) is 5.91 Å². The van der Waals surface area contributed by atoms with Gasteiger partial charge in [-0.3, -0.25) is 4.79 Å². The van der Waals surface area contributed by atoms with E-state index in [1.165, 1.54) is 5.56 Å². The second-order valence-electron chi connectivity index (χ2n) is 6.94. The summed E-state index contributed by atoms with van der Waals surface area (Å²) in [6.45, 7) is 2.06. The van der Waals surface area contributed by atoms with E-state index < -0.39 is 0 Å². The van der Waals surface area contributed by atoms with Gasteiger partial charge >= 0.3 is 0 Å². The third-order valence-corrected chi connectivity index (χ3v) is 4.94. The van der Waals surface area contributed by atoms with E-state index in [0.717, 1.165) is 27.7 Å². The van der Waals surface area contributed by atoms with Gasteiger partial charge in [-0.05, 0) is 55.0 Å². The fourth-order valence-corrected chi connectivity index (χ4v) is 3.45. The number of ether oxygens (including phenoxy) is 1. The highest BCUT2D eigenvalue weighted by Crippen LogP contribution is 2.31. The third kappa shape index (κ3) is 3.37. The third-order valence-electron chi connectivity index (χ3n) is 4.94. The second-order valence-corrected chi connectivity index (χ2v) is 6.94. The molecule has 28 heavy (non-hydrogen) atoms. The van der Waals surface area contributed by atoms with E-state index in [1.807, 2.05) is 61.8 Å². The zero-order valence-corrected chi connectivity index (χ0v) is 16.2. The van der Waals surface area contributed by atoms with Crippen molar-refractivity contribution >= 4 is 22.5 Å². The summed E-state index contributed by atoms with van der Waals surface area (Å²) in [5.74, 6) is 0.515. The summed E-state index contributed by atoms with van der Waals surface area (Å²) in [6.07, 6.45) is 2.01. The molecule has 0 spiro atoms. The van der Waals surface area contributed by atoms with Crippen molar-refractivity contribution < 1.29 is 9.53 Å². The highest BCUT2D eigenvalue weighted by Gasteiger charge is 2.12. The van der Waals surface area contributed by atoms with Crippen molar-refractivity contribution in [2.24, 2.45) is 7.05 Å². The highest BCUT2D eigenvalue weighted by molar-refractivity contribution is 6.05. The number of anilines is 1. The summed E-state index contributed by atoms with van der Waals surface area (Å²) in [5.41, 5.74) is 5.67. The van der Waals surface area contributed by atoms with Crippen molar-refractivity contribution in [2.45, 2.75) is 6.92 Å². The van der Waals surface area contributed by atoms with Gasteiger partial charge in [0.25, 0.3) is 5.91 Å². The Balaban J connectivity index is 1.61. The Morgan fingerprint density at radius 2 is 1.86 bits per heavy atom. The molecular weight excluding hydrogens is 348 g/mol. The van der Waals surface area contributed by atoms with Crippen LogP contribution in [0.15, 0.2) is 72.9 Å². The molecule has 4 nitrogen and oxygen atoms in total. The first-order chi connectivity index (χ1) is 13.5. The topological polar surface area (TPSA) is 43.3 Å². The minimum atomic E-state index is -0.163. The molecule has 140 valence electrons. The van der Waals surface area contributed by atoms with Gasteiger partial charge < -0.3 is 14.6 Å². The molecule has 1 aromatic heterocycles. The maximum Gasteiger partial charge on any atom is 0.255 e. The molecule has 0 radical (unpaired) electrons. The average Bonchev–Trinajstić information content (AvgIpc) is 3.07. The summed E-state index contributed by atoms with van der Waals surface area (Å²) in [6, 6.07) is 21.7. The molecule has 1 heterocycles. The summed E-state index contributed by atoms with van der Waals surface area (Å²) >= 11 is 0. The molecule has 0 fully saturated rings. The molecule has 0 aliphatic rings. The molecule has 1 N–H and O–H groups in total. The van der Waals surface area contributed by atoms with E-state index in [2.05, 4.69) is 28.9 Å². The smallest absolute Gasteiger partial charge is 0.255 e. The van der Waals surface area contributed by atoms with Crippen LogP contribution in [-0.2, 0) is 7.05 Å². The molecule has 4 aromatic rings. The van der Waals surface area contributed by atoms with Crippen LogP contribution < -0.4 is 10.1 Å². The molecule has 3 aromatic carbocycles. The first-order valence-corrected chi connectivity index (χ1v) is 9.16. The van der Waals surface area contributed by atoms with Crippen LogP contribution in [0, 0.1) is 6.92 Å². The van der Waals surface area contributed by atoms with Gasteiger partial charge in [-0.1, -0.05) is 29.8 Å². The number of amides is 1. The fourth-order valence-electron chi connectivity index (χ4n) is 3.45. The number of nitrogens with one attached hydrogen (secondary N) is 1. The molecule has 4 heteroatoms. The van der Waals surface area contributed by atoms with Gasteiger partial charge in [0, 0.05) is 41.0 Å². The molecule has 0 atom stereocenters. The molecule has 0 aliphatic carbocycles. The Kier molecular flexibility index (Phi) is 4.62. The zero-order chi connectivity index (χ0) is 19.7. The van der Waals surface area contributed by atoms with Crippen molar-refractivity contribution in [3.05, 3.63) is 84.1 Å². The van der Waals surface area contributed by atoms with Crippen LogP contribution in [-0.4, -0.2) is 17.6 Å². The van der Waals surface area contributed by atoms with Crippen LogP contribution in [0.3, 0.4) is 0 Å². The van der Waals surface area contributed by atoms with E-state index in [4.69, 9.17) is 4.74 Å². The van der Waals surface area contributed by atoms with Crippen LogP contribution >= 0.6 is 0 Å². The predicted molar refractivity (Wildman–Crippen MR) is 114 cm³/mol. The maximum absolute atomic E-state index is 12.8. The first-order valence-electron chi connectivity index (χ1n) is 9.16. The van der Waals surface area contributed by atoms with Gasteiger partial charge in [0.15, 0.2) is 0 Å². The fraction of sp³-hybridized carbons (Fsp3) is 0.125. The normalized spacial score (nSPS) is 10.8. The number of aromatic nitrogens is 1. The highest BCUT2D eigenvalue weighted by atomic mass is 16.5. The lowest BCUT2D eigenvalue weighted by atomic mass is 10.0. The Labute approximate surface area is 164 Å². The van der Waals surface area contributed by atoms with Crippen LogP contribution in [0.5, 0.6) is 5.75 Å². The van der Waals surface area contributed by atoms with E-state index in [9.17, 15) is 4.79 Å². The Hall–Kier alpha value is -3.53.